The maximum Gasteiger partial charge on any atom is 0.340 e. The van der Waals surface area contributed by atoms with E-state index in [1.807, 2.05) is 18.7 Å². The van der Waals surface area contributed by atoms with Gasteiger partial charge in [-0.25, -0.2) is 4.79 Å². The van der Waals surface area contributed by atoms with Crippen molar-refractivity contribution in [1.82, 2.24) is 5.32 Å². The number of anilines is 1. The number of nitrogens with one attached hydrogen (secondary N) is 1. The number of amides is 1. The van der Waals surface area contributed by atoms with Gasteiger partial charge in [-0.3, -0.25) is 4.79 Å². The van der Waals surface area contributed by atoms with Crippen molar-refractivity contribution in [3.63, 3.8) is 0 Å². The highest BCUT2D eigenvalue weighted by atomic mass is 35.5. The molecule has 0 spiro atoms. The second-order valence-corrected chi connectivity index (χ2v) is 9.38. The number of halogens is 1. The zero-order valence-corrected chi connectivity index (χ0v) is 18.7. The second-order valence-electron chi connectivity index (χ2n) is 7.40. The van der Waals surface area contributed by atoms with E-state index in [0.29, 0.717) is 24.5 Å². The number of hydrogen-bond donors (Lipinski definition) is 1. The highest BCUT2D eigenvalue weighted by Gasteiger charge is 2.33. The molecule has 2 heterocycles. The summed E-state index contributed by atoms with van der Waals surface area (Å²) in [6, 6.07) is 2.67. The molecule has 2 aliphatic rings. The topological polar surface area (TPSA) is 105 Å². The van der Waals surface area contributed by atoms with Crippen molar-refractivity contribution in [1.29, 1.82) is 0 Å². The number of ether oxygens (including phenoxy) is 1. The molecule has 30 heavy (non-hydrogen) atoms. The van der Waals surface area contributed by atoms with Gasteiger partial charge < -0.3 is 15.0 Å². The molecule has 1 N–H and O–H groups in total. The number of carbonyl (C=O) groups is 2. The van der Waals surface area contributed by atoms with E-state index in [2.05, 4.69) is 9.71 Å². The lowest BCUT2D eigenvalue weighted by Crippen LogP contribution is -2.37. The zero-order chi connectivity index (χ0) is 21.9. The molecule has 0 aliphatic carbocycles. The van der Waals surface area contributed by atoms with Gasteiger partial charge in [0.25, 0.3) is 15.9 Å². The maximum absolute atomic E-state index is 12.7. The minimum absolute atomic E-state index is 0.00867. The molecule has 0 saturated carbocycles. The first kappa shape index (κ1) is 22.6. The first-order valence-electron chi connectivity index (χ1n) is 10.2. The third-order valence-corrected chi connectivity index (χ3v) is 6.99. The summed E-state index contributed by atoms with van der Waals surface area (Å²) in [5.41, 5.74) is 0.317. The van der Waals surface area contributed by atoms with Crippen LogP contribution in [-0.4, -0.2) is 45.3 Å². The van der Waals surface area contributed by atoms with Crippen LogP contribution in [0.1, 0.15) is 62.7 Å². The molecule has 0 unspecified atom stereocenters. The van der Waals surface area contributed by atoms with Crippen molar-refractivity contribution >= 4 is 45.0 Å². The summed E-state index contributed by atoms with van der Waals surface area (Å²) in [6.07, 6.45) is 4.88. The van der Waals surface area contributed by atoms with Crippen LogP contribution in [0.25, 0.3) is 0 Å². The molecule has 0 atom stereocenters. The zero-order valence-electron chi connectivity index (χ0n) is 17.1. The van der Waals surface area contributed by atoms with E-state index in [0.717, 1.165) is 32.1 Å². The molecule has 1 aromatic rings. The van der Waals surface area contributed by atoms with E-state index in [1.54, 1.807) is 0 Å². The second kappa shape index (κ2) is 9.34. The molecule has 0 aromatic heterocycles. The summed E-state index contributed by atoms with van der Waals surface area (Å²) >= 11 is 6.30. The summed E-state index contributed by atoms with van der Waals surface area (Å²) < 4.78 is 34.4. The molecule has 164 valence electrons. The average molecular weight is 456 g/mol. The third kappa shape index (κ3) is 4.78. The van der Waals surface area contributed by atoms with E-state index in [9.17, 15) is 18.0 Å². The summed E-state index contributed by atoms with van der Waals surface area (Å²) in [6.45, 7) is 4.07. The van der Waals surface area contributed by atoms with Gasteiger partial charge in [-0.15, -0.1) is 4.40 Å². The van der Waals surface area contributed by atoms with Crippen molar-refractivity contribution in [3.05, 3.63) is 22.7 Å². The van der Waals surface area contributed by atoms with Crippen LogP contribution in [0.2, 0.25) is 5.02 Å². The Labute approximate surface area is 181 Å². The lowest BCUT2D eigenvalue weighted by atomic mass is 10.1. The molecule has 0 bridgehead atoms. The molecule has 0 radical (unpaired) electrons. The number of hydrogen-bond acceptors (Lipinski definition) is 6. The van der Waals surface area contributed by atoms with Gasteiger partial charge >= 0.3 is 5.97 Å². The standard InChI is InChI=1S/C20H26ClN3O5S/c1-3-13(4-2)22-19(25)12-29-20(26)14-10-17-16(11-15(14)21)24-9-7-5-6-8-18(24)23-30(17,27)28/h10-11,13H,3-9,12H2,1-2H3,(H,22,25). The first-order valence-corrected chi connectivity index (χ1v) is 12.0. The van der Waals surface area contributed by atoms with Crippen LogP contribution in [-0.2, 0) is 19.6 Å². The third-order valence-electron chi connectivity index (χ3n) is 5.34. The van der Waals surface area contributed by atoms with E-state index in [1.165, 1.54) is 12.1 Å². The predicted octanol–water partition coefficient (Wildman–Crippen LogP) is 3.28. The number of fused-ring (bicyclic) bond motifs is 3. The highest BCUT2D eigenvalue weighted by Crippen LogP contribution is 2.38. The van der Waals surface area contributed by atoms with Crippen molar-refractivity contribution in [3.8, 4) is 0 Å². The molecule has 1 fully saturated rings. The SMILES string of the molecule is CCC(CC)NC(=O)COC(=O)c1cc2c(cc1Cl)N1CCCCCC1=NS2(=O)=O. The van der Waals surface area contributed by atoms with Crippen LogP contribution >= 0.6 is 11.6 Å². The lowest BCUT2D eigenvalue weighted by Gasteiger charge is -2.30. The highest BCUT2D eigenvalue weighted by molar-refractivity contribution is 7.90. The van der Waals surface area contributed by atoms with Gasteiger partial charge in [0.1, 0.15) is 10.7 Å². The largest absolute Gasteiger partial charge is 0.452 e. The Kier molecular flexibility index (Phi) is 7.02. The fraction of sp³-hybridized carbons (Fsp3) is 0.550. The van der Waals surface area contributed by atoms with E-state index in [-0.39, 0.29) is 21.5 Å². The minimum Gasteiger partial charge on any atom is -0.452 e. The van der Waals surface area contributed by atoms with Crippen molar-refractivity contribution in [2.75, 3.05) is 18.1 Å². The average Bonchev–Trinajstić information content (AvgIpc) is 2.94. The fourth-order valence-electron chi connectivity index (χ4n) is 3.62. The van der Waals surface area contributed by atoms with Gasteiger partial charge in [-0.1, -0.05) is 31.9 Å². The predicted molar refractivity (Wildman–Crippen MR) is 115 cm³/mol. The number of esters is 1. The Morgan fingerprint density at radius 3 is 2.67 bits per heavy atom. The van der Waals surface area contributed by atoms with Crippen LogP contribution in [0.5, 0.6) is 0 Å². The number of nitrogens with zero attached hydrogens (tertiary/aromatic N) is 2. The summed E-state index contributed by atoms with van der Waals surface area (Å²) in [4.78, 5) is 26.3. The normalized spacial score (nSPS) is 17.5. The Hall–Kier alpha value is -2.13. The Morgan fingerprint density at radius 1 is 1.23 bits per heavy atom. The van der Waals surface area contributed by atoms with Crippen LogP contribution in [0.3, 0.4) is 0 Å². The van der Waals surface area contributed by atoms with E-state index in [4.69, 9.17) is 16.3 Å². The molecule has 2 aliphatic heterocycles. The van der Waals surface area contributed by atoms with Gasteiger partial charge in [0, 0.05) is 19.0 Å². The maximum atomic E-state index is 12.7. The molecule has 1 saturated heterocycles. The van der Waals surface area contributed by atoms with Crippen molar-refractivity contribution in [2.24, 2.45) is 4.40 Å². The molecule has 1 aromatic carbocycles. The first-order chi connectivity index (χ1) is 14.3. The van der Waals surface area contributed by atoms with Crippen LogP contribution < -0.4 is 10.2 Å². The Morgan fingerprint density at radius 2 is 1.97 bits per heavy atom. The monoisotopic (exact) mass is 455 g/mol. The van der Waals surface area contributed by atoms with Crippen molar-refractivity contribution < 1.29 is 22.7 Å². The Balaban J connectivity index is 1.82. The minimum atomic E-state index is -3.95. The van der Waals surface area contributed by atoms with E-state index < -0.39 is 28.5 Å². The molecular formula is C20H26ClN3O5S. The summed E-state index contributed by atoms with van der Waals surface area (Å²) in [5.74, 6) is -0.773. The number of amidine groups is 1. The molecule has 10 heteroatoms. The molecule has 3 rings (SSSR count). The van der Waals surface area contributed by atoms with Gasteiger partial charge in [0.2, 0.25) is 0 Å². The fourth-order valence-corrected chi connectivity index (χ4v) is 5.12. The van der Waals surface area contributed by atoms with Crippen molar-refractivity contribution in [2.45, 2.75) is 63.3 Å². The van der Waals surface area contributed by atoms with Crippen LogP contribution in [0.4, 0.5) is 5.69 Å². The number of rotatable bonds is 6. The van der Waals surface area contributed by atoms with E-state index >= 15 is 0 Å². The summed E-state index contributed by atoms with van der Waals surface area (Å²) in [5, 5.41) is 2.84. The van der Waals surface area contributed by atoms with Gasteiger partial charge in [0.15, 0.2) is 6.61 Å². The van der Waals surface area contributed by atoms with Gasteiger partial charge in [-0.2, -0.15) is 8.42 Å². The molecule has 1 amide bonds. The summed E-state index contributed by atoms with van der Waals surface area (Å²) in [7, 11) is -3.95. The quantitative estimate of drug-likeness (QED) is 0.660. The molecular weight excluding hydrogens is 430 g/mol. The lowest BCUT2D eigenvalue weighted by molar-refractivity contribution is -0.125. The molecule has 8 nitrogen and oxygen atoms in total. The van der Waals surface area contributed by atoms with Crippen LogP contribution in [0.15, 0.2) is 21.4 Å². The smallest absolute Gasteiger partial charge is 0.340 e. The number of carbonyl (C=O) groups excluding carboxylic acids is 2. The number of benzene rings is 1. The Bertz CT molecular complexity index is 973. The van der Waals surface area contributed by atoms with Crippen LogP contribution in [0, 0.1) is 0 Å². The van der Waals surface area contributed by atoms with Gasteiger partial charge in [0.05, 0.1) is 16.3 Å². The van der Waals surface area contributed by atoms with Gasteiger partial charge in [-0.05, 0) is 37.8 Å². The number of sulfonamides is 1.